The predicted molar refractivity (Wildman–Crippen MR) is 93.2 cm³/mol. The summed E-state index contributed by atoms with van der Waals surface area (Å²) in [6.07, 6.45) is 3.14. The van der Waals surface area contributed by atoms with Crippen LogP contribution in [0.5, 0.6) is 11.5 Å². The first kappa shape index (κ1) is 15.2. The van der Waals surface area contributed by atoms with Crippen molar-refractivity contribution in [3.63, 3.8) is 0 Å². The van der Waals surface area contributed by atoms with Crippen molar-refractivity contribution in [1.29, 1.82) is 0 Å². The molecular formula is C18H15N3O4. The third-order valence-corrected chi connectivity index (χ3v) is 4.08. The number of fused-ring (bicyclic) bond motifs is 2. The summed E-state index contributed by atoms with van der Waals surface area (Å²) < 4.78 is 11.1. The van der Waals surface area contributed by atoms with Crippen LogP contribution in [-0.4, -0.2) is 23.1 Å². The number of benzene rings is 2. The summed E-state index contributed by atoms with van der Waals surface area (Å²) in [5.41, 5.74) is 1.90. The number of nitro benzene ring substituents is 1. The Hall–Kier alpha value is -3.35. The standard InChI is InChI=1S/C18H15N3O4/c22-21(23)16-3-2-15(13-5-6-19-11-14(13)16)20-10-12-1-4-17-18(9-12)25-8-7-24-17/h1-6,9,11,20H,7-8,10H2. The molecule has 3 aromatic rings. The van der Waals surface area contributed by atoms with Gasteiger partial charge in [0.05, 0.1) is 10.3 Å². The van der Waals surface area contributed by atoms with Gasteiger partial charge in [-0.3, -0.25) is 15.1 Å². The molecule has 2 heterocycles. The molecule has 0 atom stereocenters. The van der Waals surface area contributed by atoms with Crippen molar-refractivity contribution in [2.45, 2.75) is 6.54 Å². The second kappa shape index (κ2) is 6.27. The molecule has 0 spiro atoms. The molecule has 0 radical (unpaired) electrons. The second-order valence-electron chi connectivity index (χ2n) is 5.64. The summed E-state index contributed by atoms with van der Waals surface area (Å²) in [6.45, 7) is 1.67. The van der Waals surface area contributed by atoms with Crippen molar-refractivity contribution >= 4 is 22.1 Å². The Labute approximate surface area is 143 Å². The Bertz CT molecular complexity index is 958. The second-order valence-corrected chi connectivity index (χ2v) is 5.64. The number of pyridine rings is 1. The highest BCUT2D eigenvalue weighted by molar-refractivity contribution is 5.99. The van der Waals surface area contributed by atoms with E-state index in [1.54, 1.807) is 18.3 Å². The monoisotopic (exact) mass is 337 g/mol. The smallest absolute Gasteiger partial charge is 0.278 e. The molecule has 0 aliphatic carbocycles. The van der Waals surface area contributed by atoms with Crippen LogP contribution in [-0.2, 0) is 6.54 Å². The van der Waals surface area contributed by atoms with Gasteiger partial charge in [-0.15, -0.1) is 0 Å². The van der Waals surface area contributed by atoms with Gasteiger partial charge in [0.1, 0.15) is 13.2 Å². The van der Waals surface area contributed by atoms with E-state index in [-0.39, 0.29) is 5.69 Å². The zero-order valence-electron chi connectivity index (χ0n) is 13.3. The average Bonchev–Trinajstić information content (AvgIpc) is 2.65. The van der Waals surface area contributed by atoms with Crippen molar-refractivity contribution < 1.29 is 14.4 Å². The predicted octanol–water partition coefficient (Wildman–Crippen LogP) is 3.53. The van der Waals surface area contributed by atoms with Crippen LogP contribution in [0.3, 0.4) is 0 Å². The first-order chi connectivity index (χ1) is 12.2. The minimum atomic E-state index is -0.394. The molecule has 0 saturated carbocycles. The van der Waals surface area contributed by atoms with Crippen molar-refractivity contribution in [2.75, 3.05) is 18.5 Å². The minimum absolute atomic E-state index is 0.0491. The topological polar surface area (TPSA) is 86.5 Å². The first-order valence-corrected chi connectivity index (χ1v) is 7.86. The van der Waals surface area contributed by atoms with E-state index >= 15 is 0 Å². The number of aromatic nitrogens is 1. The van der Waals surface area contributed by atoms with Crippen LogP contribution in [0.2, 0.25) is 0 Å². The lowest BCUT2D eigenvalue weighted by Gasteiger charge is -2.19. The molecule has 0 saturated heterocycles. The number of non-ortho nitro benzene ring substituents is 1. The van der Waals surface area contributed by atoms with Crippen LogP contribution in [0.4, 0.5) is 11.4 Å². The lowest BCUT2D eigenvalue weighted by atomic mass is 10.1. The fraction of sp³-hybridized carbons (Fsp3) is 0.167. The van der Waals surface area contributed by atoms with Gasteiger partial charge in [0.15, 0.2) is 11.5 Å². The normalized spacial score (nSPS) is 12.8. The Morgan fingerprint density at radius 1 is 1.08 bits per heavy atom. The molecule has 2 aromatic carbocycles. The zero-order chi connectivity index (χ0) is 17.2. The molecule has 25 heavy (non-hydrogen) atoms. The average molecular weight is 337 g/mol. The van der Waals surface area contributed by atoms with E-state index < -0.39 is 4.92 Å². The summed E-state index contributed by atoms with van der Waals surface area (Å²) in [5.74, 6) is 1.49. The Morgan fingerprint density at radius 2 is 1.92 bits per heavy atom. The molecular weight excluding hydrogens is 322 g/mol. The Kier molecular flexibility index (Phi) is 3.81. The minimum Gasteiger partial charge on any atom is -0.486 e. The van der Waals surface area contributed by atoms with Crippen LogP contribution in [0.1, 0.15) is 5.56 Å². The van der Waals surface area contributed by atoms with E-state index in [1.165, 1.54) is 12.3 Å². The SMILES string of the molecule is O=[N+]([O-])c1ccc(NCc2ccc3c(c2)OCCO3)c2ccncc12. The van der Waals surface area contributed by atoms with Crippen molar-refractivity contribution in [2.24, 2.45) is 0 Å². The van der Waals surface area contributed by atoms with Crippen LogP contribution < -0.4 is 14.8 Å². The summed E-state index contributed by atoms with van der Waals surface area (Å²) in [7, 11) is 0. The third kappa shape index (κ3) is 2.91. The van der Waals surface area contributed by atoms with Gasteiger partial charge in [-0.1, -0.05) is 6.07 Å². The lowest BCUT2D eigenvalue weighted by molar-refractivity contribution is -0.383. The van der Waals surface area contributed by atoms with E-state index in [0.717, 1.165) is 28.1 Å². The highest BCUT2D eigenvalue weighted by Gasteiger charge is 2.15. The molecule has 0 fully saturated rings. The summed E-state index contributed by atoms with van der Waals surface area (Å²) in [6, 6.07) is 10.8. The zero-order valence-corrected chi connectivity index (χ0v) is 13.3. The van der Waals surface area contributed by atoms with Crippen molar-refractivity contribution in [1.82, 2.24) is 4.98 Å². The quantitative estimate of drug-likeness (QED) is 0.579. The van der Waals surface area contributed by atoms with Crippen LogP contribution in [0, 0.1) is 10.1 Å². The number of anilines is 1. The number of rotatable bonds is 4. The van der Waals surface area contributed by atoms with Crippen molar-refractivity contribution in [3.8, 4) is 11.5 Å². The number of hydrogen-bond acceptors (Lipinski definition) is 6. The maximum absolute atomic E-state index is 11.2. The third-order valence-electron chi connectivity index (χ3n) is 4.08. The molecule has 4 rings (SSSR count). The summed E-state index contributed by atoms with van der Waals surface area (Å²) in [4.78, 5) is 14.8. The molecule has 1 aliphatic rings. The molecule has 0 bridgehead atoms. The van der Waals surface area contributed by atoms with Gasteiger partial charge in [0.2, 0.25) is 0 Å². The van der Waals surface area contributed by atoms with Crippen molar-refractivity contribution in [3.05, 3.63) is 64.5 Å². The van der Waals surface area contributed by atoms with Gasteiger partial charge in [-0.05, 0) is 29.8 Å². The van der Waals surface area contributed by atoms with Gasteiger partial charge >= 0.3 is 0 Å². The van der Waals surface area contributed by atoms with E-state index in [4.69, 9.17) is 9.47 Å². The molecule has 1 N–H and O–H groups in total. The number of nitrogens with zero attached hydrogens (tertiary/aromatic N) is 2. The van der Waals surface area contributed by atoms with E-state index in [1.807, 2.05) is 18.2 Å². The molecule has 1 aliphatic heterocycles. The number of nitro groups is 1. The maximum Gasteiger partial charge on any atom is 0.278 e. The number of ether oxygens (including phenoxy) is 2. The highest BCUT2D eigenvalue weighted by atomic mass is 16.6. The summed E-state index contributed by atoms with van der Waals surface area (Å²) in [5, 5.41) is 15.8. The molecule has 1 aromatic heterocycles. The molecule has 0 amide bonds. The van der Waals surface area contributed by atoms with Gasteiger partial charge in [-0.25, -0.2) is 0 Å². The molecule has 7 nitrogen and oxygen atoms in total. The number of hydrogen-bond donors (Lipinski definition) is 1. The number of nitrogens with one attached hydrogen (secondary N) is 1. The van der Waals surface area contributed by atoms with Gasteiger partial charge < -0.3 is 14.8 Å². The van der Waals surface area contributed by atoms with Crippen LogP contribution >= 0.6 is 0 Å². The largest absolute Gasteiger partial charge is 0.486 e. The molecule has 7 heteroatoms. The highest BCUT2D eigenvalue weighted by Crippen LogP contribution is 2.33. The first-order valence-electron chi connectivity index (χ1n) is 7.86. The van der Waals surface area contributed by atoms with Gasteiger partial charge in [0, 0.05) is 36.1 Å². The van der Waals surface area contributed by atoms with E-state index in [2.05, 4.69) is 10.3 Å². The summed E-state index contributed by atoms with van der Waals surface area (Å²) >= 11 is 0. The Morgan fingerprint density at radius 3 is 2.76 bits per heavy atom. The molecule has 126 valence electrons. The van der Waals surface area contributed by atoms with Crippen LogP contribution in [0.25, 0.3) is 10.8 Å². The maximum atomic E-state index is 11.2. The molecule has 0 unspecified atom stereocenters. The lowest BCUT2D eigenvalue weighted by Crippen LogP contribution is -2.15. The fourth-order valence-corrected chi connectivity index (χ4v) is 2.88. The fourth-order valence-electron chi connectivity index (χ4n) is 2.88. The van der Waals surface area contributed by atoms with Crippen LogP contribution in [0.15, 0.2) is 48.8 Å². The Balaban J connectivity index is 1.61. The van der Waals surface area contributed by atoms with E-state index in [0.29, 0.717) is 25.1 Å². The van der Waals surface area contributed by atoms with Gasteiger partial charge in [0.25, 0.3) is 5.69 Å². The van der Waals surface area contributed by atoms with Gasteiger partial charge in [-0.2, -0.15) is 0 Å². The van der Waals surface area contributed by atoms with E-state index in [9.17, 15) is 10.1 Å².